The topological polar surface area (TPSA) is 115 Å². The van der Waals surface area contributed by atoms with Crippen molar-refractivity contribution < 1.29 is 22.5 Å². The molecule has 0 amide bonds. The molecule has 0 saturated heterocycles. The molecule has 0 heterocycles. The van der Waals surface area contributed by atoms with E-state index in [9.17, 15) is 27.6 Å². The standard InChI is InChI=1S/C18H14NO6PS/c20-19(21)14-6-4-9-16(12-14)26(22,15-7-2-1-3-8-15)17-10-5-11-18(13-17)27(23,24)25/h1-13H,(H,23,24,25). The molecule has 0 aliphatic heterocycles. The molecule has 0 aliphatic carbocycles. The van der Waals surface area contributed by atoms with Gasteiger partial charge in [-0.05, 0) is 12.1 Å². The second kappa shape index (κ2) is 7.08. The minimum Gasteiger partial charge on any atom is -0.309 e. The molecular formula is C18H14NO6PS. The zero-order valence-electron chi connectivity index (χ0n) is 13.8. The Morgan fingerprint density at radius 3 is 1.96 bits per heavy atom. The number of hydrogen-bond acceptors (Lipinski definition) is 5. The first-order valence-electron chi connectivity index (χ1n) is 7.72. The molecule has 0 bridgehead atoms. The molecule has 0 radical (unpaired) electrons. The van der Waals surface area contributed by atoms with Crippen molar-refractivity contribution in [1.82, 2.24) is 0 Å². The van der Waals surface area contributed by atoms with Crippen molar-refractivity contribution in [1.29, 1.82) is 0 Å². The van der Waals surface area contributed by atoms with Crippen LogP contribution in [0.5, 0.6) is 0 Å². The number of nitro groups is 1. The summed E-state index contributed by atoms with van der Waals surface area (Å²) in [5.41, 5.74) is -0.227. The largest absolute Gasteiger partial charge is 0.309 e. The fraction of sp³-hybridized carbons (Fsp3) is 0. The van der Waals surface area contributed by atoms with Crippen LogP contribution in [-0.4, -0.2) is 17.9 Å². The Hall–Kier alpha value is -2.80. The van der Waals surface area contributed by atoms with Gasteiger partial charge in [-0.25, -0.2) is 0 Å². The molecule has 1 N–H and O–H groups in total. The van der Waals surface area contributed by atoms with Gasteiger partial charge in [0.25, 0.3) is 15.8 Å². The fourth-order valence-electron chi connectivity index (χ4n) is 2.73. The zero-order chi connectivity index (χ0) is 19.7. The summed E-state index contributed by atoms with van der Waals surface area (Å²) in [6.45, 7) is 0. The zero-order valence-corrected chi connectivity index (χ0v) is 15.5. The van der Waals surface area contributed by atoms with Crippen molar-refractivity contribution in [3.05, 3.63) is 89.0 Å². The van der Waals surface area contributed by atoms with Gasteiger partial charge in [-0.1, -0.05) is 54.6 Å². The lowest BCUT2D eigenvalue weighted by Crippen LogP contribution is -2.25. The van der Waals surface area contributed by atoms with Gasteiger partial charge in [-0.2, -0.15) is 8.42 Å². The molecule has 1 atom stereocenters. The maximum absolute atomic E-state index is 14.2. The third-order valence-corrected chi connectivity index (χ3v) is 7.89. The summed E-state index contributed by atoms with van der Waals surface area (Å²) in [5, 5.41) is 11.9. The number of nitrogens with zero attached hydrogens (tertiary/aromatic N) is 1. The molecular weight excluding hydrogens is 389 g/mol. The van der Waals surface area contributed by atoms with Gasteiger partial charge in [-0.15, -0.1) is 0 Å². The summed E-state index contributed by atoms with van der Waals surface area (Å²) in [4.78, 5) is 10.2. The number of benzene rings is 3. The minimum absolute atomic E-state index is 0.143. The maximum atomic E-state index is 14.2. The molecule has 0 spiro atoms. The predicted molar refractivity (Wildman–Crippen MR) is 102 cm³/mol. The van der Waals surface area contributed by atoms with Crippen molar-refractivity contribution in [2.75, 3.05) is 0 Å². The summed E-state index contributed by atoms with van der Waals surface area (Å²) >= 11 is 0. The summed E-state index contributed by atoms with van der Waals surface area (Å²) in [6, 6.07) is 18.9. The van der Waals surface area contributed by atoms with Crippen LogP contribution in [0, 0.1) is 10.1 Å². The maximum Gasteiger partial charge on any atom is 0.294 e. The average molecular weight is 403 g/mol. The molecule has 3 aromatic rings. The minimum atomic E-state index is -4.50. The van der Waals surface area contributed by atoms with Gasteiger partial charge in [0, 0.05) is 28.0 Å². The van der Waals surface area contributed by atoms with Crippen LogP contribution in [0.25, 0.3) is 0 Å². The monoisotopic (exact) mass is 403 g/mol. The Balaban J connectivity index is 2.33. The lowest BCUT2D eigenvalue weighted by molar-refractivity contribution is -0.384. The van der Waals surface area contributed by atoms with Gasteiger partial charge < -0.3 is 4.57 Å². The molecule has 0 aliphatic rings. The number of hydrogen-bond donors (Lipinski definition) is 1. The van der Waals surface area contributed by atoms with Crippen molar-refractivity contribution in [3.63, 3.8) is 0 Å². The second-order valence-electron chi connectivity index (χ2n) is 5.69. The van der Waals surface area contributed by atoms with E-state index < -0.39 is 27.1 Å². The lowest BCUT2D eigenvalue weighted by atomic mass is 10.3. The third kappa shape index (κ3) is 3.68. The summed E-state index contributed by atoms with van der Waals surface area (Å²) in [5.74, 6) is 0. The molecule has 7 nitrogen and oxygen atoms in total. The molecule has 0 aromatic heterocycles. The van der Waals surface area contributed by atoms with E-state index in [2.05, 4.69) is 0 Å². The first-order chi connectivity index (χ1) is 12.7. The van der Waals surface area contributed by atoms with E-state index in [1.54, 1.807) is 30.3 Å². The van der Waals surface area contributed by atoms with Crippen molar-refractivity contribution in [2.45, 2.75) is 4.90 Å². The number of nitro benzene ring substituents is 1. The third-order valence-electron chi connectivity index (χ3n) is 4.00. The van der Waals surface area contributed by atoms with Gasteiger partial charge in [0.05, 0.1) is 9.82 Å². The van der Waals surface area contributed by atoms with Crippen LogP contribution in [0.3, 0.4) is 0 Å². The molecule has 3 rings (SSSR count). The van der Waals surface area contributed by atoms with E-state index in [4.69, 9.17) is 0 Å². The van der Waals surface area contributed by atoms with Gasteiger partial charge >= 0.3 is 0 Å². The summed E-state index contributed by atoms with van der Waals surface area (Å²) in [6.07, 6.45) is 0. The molecule has 0 fully saturated rings. The molecule has 9 heteroatoms. The van der Waals surface area contributed by atoms with E-state index >= 15 is 0 Å². The second-order valence-corrected chi connectivity index (χ2v) is 9.88. The molecule has 138 valence electrons. The first-order valence-corrected chi connectivity index (χ1v) is 10.9. The fourth-order valence-corrected chi connectivity index (χ4v) is 6.05. The summed E-state index contributed by atoms with van der Waals surface area (Å²) in [7, 11) is -8.12. The van der Waals surface area contributed by atoms with Gasteiger partial charge in [0.15, 0.2) is 7.14 Å². The number of non-ortho nitro benzene ring substituents is 1. The van der Waals surface area contributed by atoms with Crippen LogP contribution in [0.4, 0.5) is 5.69 Å². The van der Waals surface area contributed by atoms with Crippen LogP contribution >= 0.6 is 7.14 Å². The normalized spacial score (nSPS) is 13.7. The van der Waals surface area contributed by atoms with Gasteiger partial charge in [0.2, 0.25) is 0 Å². The first kappa shape index (κ1) is 19.0. The molecule has 1 unspecified atom stereocenters. The van der Waals surface area contributed by atoms with E-state index in [-0.39, 0.29) is 16.3 Å². The van der Waals surface area contributed by atoms with Crippen LogP contribution in [-0.2, 0) is 14.7 Å². The average Bonchev–Trinajstić information content (AvgIpc) is 2.67. The molecule has 27 heavy (non-hydrogen) atoms. The van der Waals surface area contributed by atoms with Crippen LogP contribution in [0.2, 0.25) is 0 Å². The smallest absolute Gasteiger partial charge is 0.294 e. The van der Waals surface area contributed by atoms with E-state index in [1.807, 2.05) is 0 Å². The van der Waals surface area contributed by atoms with E-state index in [0.717, 1.165) is 6.07 Å². The number of rotatable bonds is 5. The van der Waals surface area contributed by atoms with E-state index in [1.165, 1.54) is 42.5 Å². The SMILES string of the molecule is O=[N+]([O-])c1cccc(P(=O)(c2ccccc2)c2cccc(S(=O)(=O)O)c2)c1. The molecule has 0 saturated carbocycles. The Labute approximate surface area is 155 Å². The Morgan fingerprint density at radius 1 is 0.815 bits per heavy atom. The highest BCUT2D eigenvalue weighted by molar-refractivity contribution is 7.86. The van der Waals surface area contributed by atoms with Crippen molar-refractivity contribution in [2.24, 2.45) is 0 Å². The Kier molecular flexibility index (Phi) is 4.97. The lowest BCUT2D eigenvalue weighted by Gasteiger charge is -2.20. The van der Waals surface area contributed by atoms with Crippen molar-refractivity contribution in [3.8, 4) is 0 Å². The van der Waals surface area contributed by atoms with E-state index in [0.29, 0.717) is 5.30 Å². The quantitative estimate of drug-likeness (QED) is 0.303. The highest BCUT2D eigenvalue weighted by Crippen LogP contribution is 2.43. The predicted octanol–water partition coefficient (Wildman–Crippen LogP) is 2.48. The van der Waals surface area contributed by atoms with Crippen LogP contribution in [0.15, 0.2) is 83.8 Å². The summed E-state index contributed by atoms with van der Waals surface area (Å²) < 4.78 is 46.5. The van der Waals surface area contributed by atoms with Gasteiger partial charge in [-0.3, -0.25) is 14.7 Å². The highest BCUT2D eigenvalue weighted by atomic mass is 32.2. The van der Waals surface area contributed by atoms with Crippen LogP contribution < -0.4 is 15.9 Å². The Morgan fingerprint density at radius 2 is 1.37 bits per heavy atom. The Bertz CT molecular complexity index is 1160. The van der Waals surface area contributed by atoms with Crippen LogP contribution in [0.1, 0.15) is 0 Å². The highest BCUT2D eigenvalue weighted by Gasteiger charge is 2.31. The van der Waals surface area contributed by atoms with Crippen molar-refractivity contribution >= 4 is 38.9 Å². The molecule has 3 aromatic carbocycles. The van der Waals surface area contributed by atoms with Gasteiger partial charge in [0.1, 0.15) is 0 Å².